The van der Waals surface area contributed by atoms with Crippen LogP contribution in [0.1, 0.15) is 30.4 Å². The Balaban J connectivity index is 2.30. The van der Waals surface area contributed by atoms with Crippen molar-refractivity contribution in [3.8, 4) is 0 Å². The van der Waals surface area contributed by atoms with Gasteiger partial charge in [-0.2, -0.15) is 0 Å². The van der Waals surface area contributed by atoms with E-state index >= 15 is 0 Å². The molecular weight excluding hydrogens is 262 g/mol. The molecule has 0 amide bonds. The van der Waals surface area contributed by atoms with Crippen molar-refractivity contribution in [2.75, 3.05) is 24.3 Å². The molecule has 0 aliphatic rings. The van der Waals surface area contributed by atoms with E-state index in [4.69, 9.17) is 4.98 Å². The third-order valence-corrected chi connectivity index (χ3v) is 3.36. The fraction of sp³-hybridized carbons (Fsp3) is 0.438. The molecule has 0 saturated heterocycles. The van der Waals surface area contributed by atoms with Gasteiger partial charge in [-0.05, 0) is 25.5 Å². The Kier molecular flexibility index (Phi) is 5.09. The van der Waals surface area contributed by atoms with Gasteiger partial charge in [0.25, 0.3) is 0 Å². The smallest absolute Gasteiger partial charge is 0.137 e. The molecule has 0 saturated carbocycles. The zero-order valence-corrected chi connectivity index (χ0v) is 13.2. The van der Waals surface area contributed by atoms with Gasteiger partial charge in [0.2, 0.25) is 0 Å². The van der Waals surface area contributed by atoms with Crippen molar-refractivity contribution >= 4 is 11.6 Å². The lowest BCUT2D eigenvalue weighted by atomic mass is 10.2. The van der Waals surface area contributed by atoms with Crippen LogP contribution in [-0.4, -0.2) is 29.0 Å². The van der Waals surface area contributed by atoms with Gasteiger partial charge in [0, 0.05) is 32.3 Å². The molecule has 2 aromatic heterocycles. The van der Waals surface area contributed by atoms with Crippen LogP contribution < -0.4 is 10.2 Å². The Labute approximate surface area is 126 Å². The van der Waals surface area contributed by atoms with Crippen molar-refractivity contribution < 1.29 is 0 Å². The number of nitrogens with zero attached hydrogens (tertiary/aromatic N) is 4. The van der Waals surface area contributed by atoms with Crippen LogP contribution in [0, 0.1) is 6.92 Å². The first-order valence-corrected chi connectivity index (χ1v) is 7.32. The van der Waals surface area contributed by atoms with Crippen LogP contribution in [0.25, 0.3) is 0 Å². The molecule has 0 radical (unpaired) electrons. The monoisotopic (exact) mass is 285 g/mol. The molecule has 2 aromatic rings. The van der Waals surface area contributed by atoms with Gasteiger partial charge >= 0.3 is 0 Å². The first-order valence-electron chi connectivity index (χ1n) is 7.32. The van der Waals surface area contributed by atoms with Gasteiger partial charge in [-0.1, -0.05) is 13.0 Å². The van der Waals surface area contributed by atoms with Crippen LogP contribution in [0.2, 0.25) is 0 Å². The minimum Gasteiger partial charge on any atom is -0.373 e. The van der Waals surface area contributed by atoms with E-state index in [0.29, 0.717) is 0 Å². The van der Waals surface area contributed by atoms with Crippen molar-refractivity contribution in [2.24, 2.45) is 0 Å². The Morgan fingerprint density at radius 3 is 2.67 bits per heavy atom. The molecule has 0 atom stereocenters. The maximum absolute atomic E-state index is 4.71. The molecule has 1 N–H and O–H groups in total. The number of anilines is 2. The quantitative estimate of drug-likeness (QED) is 0.884. The Morgan fingerprint density at radius 1 is 1.24 bits per heavy atom. The maximum atomic E-state index is 4.71. The number of hydrogen-bond donors (Lipinski definition) is 1. The van der Waals surface area contributed by atoms with Crippen LogP contribution in [0.5, 0.6) is 0 Å². The summed E-state index contributed by atoms with van der Waals surface area (Å²) >= 11 is 0. The number of pyridine rings is 1. The Bertz CT molecular complexity index is 583. The standard InChI is InChI=1S/C16H23N5/c1-5-8-14-19-15(17-3)12(2)16(20-14)21(4)11-13-9-6-7-10-18-13/h6-7,9-10H,5,8,11H2,1-4H3,(H,17,19,20). The van der Waals surface area contributed by atoms with E-state index in [1.54, 1.807) is 0 Å². The van der Waals surface area contributed by atoms with Crippen LogP contribution in [-0.2, 0) is 13.0 Å². The molecule has 21 heavy (non-hydrogen) atoms. The van der Waals surface area contributed by atoms with E-state index in [2.05, 4.69) is 27.1 Å². The van der Waals surface area contributed by atoms with Crippen LogP contribution in [0.3, 0.4) is 0 Å². The zero-order valence-electron chi connectivity index (χ0n) is 13.2. The summed E-state index contributed by atoms with van der Waals surface area (Å²) in [6.07, 6.45) is 3.74. The van der Waals surface area contributed by atoms with E-state index in [1.165, 1.54) is 0 Å². The summed E-state index contributed by atoms with van der Waals surface area (Å²) < 4.78 is 0. The van der Waals surface area contributed by atoms with Gasteiger partial charge in [0.1, 0.15) is 17.5 Å². The van der Waals surface area contributed by atoms with Crippen LogP contribution in [0.15, 0.2) is 24.4 Å². The number of hydrogen-bond acceptors (Lipinski definition) is 5. The molecule has 112 valence electrons. The summed E-state index contributed by atoms with van der Waals surface area (Å²) in [6, 6.07) is 5.96. The van der Waals surface area contributed by atoms with E-state index in [1.807, 2.05) is 45.4 Å². The molecule has 0 aliphatic carbocycles. The molecule has 0 aliphatic heterocycles. The van der Waals surface area contributed by atoms with Crippen LogP contribution >= 0.6 is 0 Å². The molecule has 0 bridgehead atoms. The molecule has 2 rings (SSSR count). The van der Waals surface area contributed by atoms with Gasteiger partial charge < -0.3 is 10.2 Å². The number of nitrogens with one attached hydrogen (secondary N) is 1. The summed E-state index contributed by atoms with van der Waals surface area (Å²) in [5, 5.41) is 3.16. The normalized spacial score (nSPS) is 10.5. The maximum Gasteiger partial charge on any atom is 0.137 e. The second kappa shape index (κ2) is 7.02. The van der Waals surface area contributed by atoms with Crippen molar-refractivity contribution in [3.63, 3.8) is 0 Å². The fourth-order valence-electron chi connectivity index (χ4n) is 2.31. The highest BCUT2D eigenvalue weighted by Gasteiger charge is 2.14. The number of aryl methyl sites for hydroxylation is 1. The summed E-state index contributed by atoms with van der Waals surface area (Å²) in [4.78, 5) is 15.8. The Morgan fingerprint density at radius 2 is 2.05 bits per heavy atom. The topological polar surface area (TPSA) is 53.9 Å². The molecule has 0 spiro atoms. The minimum atomic E-state index is 0.730. The summed E-state index contributed by atoms with van der Waals surface area (Å²) in [7, 11) is 3.94. The van der Waals surface area contributed by atoms with Gasteiger partial charge in [-0.3, -0.25) is 4.98 Å². The van der Waals surface area contributed by atoms with Crippen LogP contribution in [0.4, 0.5) is 11.6 Å². The highest BCUT2D eigenvalue weighted by molar-refractivity contribution is 5.58. The van der Waals surface area contributed by atoms with E-state index in [-0.39, 0.29) is 0 Å². The van der Waals surface area contributed by atoms with Crippen molar-refractivity contribution in [3.05, 3.63) is 41.5 Å². The number of aromatic nitrogens is 3. The molecule has 0 fully saturated rings. The van der Waals surface area contributed by atoms with E-state index in [0.717, 1.165) is 48.1 Å². The molecule has 0 unspecified atom stereocenters. The average Bonchev–Trinajstić information content (AvgIpc) is 2.50. The summed E-state index contributed by atoms with van der Waals surface area (Å²) in [5.74, 6) is 2.75. The lowest BCUT2D eigenvalue weighted by molar-refractivity contribution is 0.801. The molecule has 0 aromatic carbocycles. The van der Waals surface area contributed by atoms with Crippen molar-refractivity contribution in [1.29, 1.82) is 0 Å². The van der Waals surface area contributed by atoms with Gasteiger partial charge in [-0.25, -0.2) is 9.97 Å². The van der Waals surface area contributed by atoms with Crippen molar-refractivity contribution in [2.45, 2.75) is 33.2 Å². The Hall–Kier alpha value is -2.17. The largest absolute Gasteiger partial charge is 0.373 e. The summed E-state index contributed by atoms with van der Waals surface area (Å²) in [5.41, 5.74) is 2.09. The second-order valence-electron chi connectivity index (χ2n) is 5.11. The van der Waals surface area contributed by atoms with Gasteiger partial charge in [-0.15, -0.1) is 0 Å². The molecule has 5 nitrogen and oxygen atoms in total. The molecule has 5 heteroatoms. The zero-order chi connectivity index (χ0) is 15.2. The number of rotatable bonds is 6. The van der Waals surface area contributed by atoms with E-state index in [9.17, 15) is 0 Å². The lowest BCUT2D eigenvalue weighted by Crippen LogP contribution is -2.21. The first-order chi connectivity index (χ1) is 10.2. The highest BCUT2D eigenvalue weighted by atomic mass is 15.2. The third-order valence-electron chi connectivity index (χ3n) is 3.36. The fourth-order valence-corrected chi connectivity index (χ4v) is 2.31. The minimum absolute atomic E-state index is 0.730. The molecular formula is C16H23N5. The average molecular weight is 285 g/mol. The summed E-state index contributed by atoms with van der Waals surface area (Å²) in [6.45, 7) is 4.92. The first kappa shape index (κ1) is 15.2. The second-order valence-corrected chi connectivity index (χ2v) is 5.11. The lowest BCUT2D eigenvalue weighted by Gasteiger charge is -2.22. The predicted octanol–water partition coefficient (Wildman–Crippen LogP) is 2.81. The SMILES string of the molecule is CCCc1nc(NC)c(C)c(N(C)Cc2ccccn2)n1. The predicted molar refractivity (Wildman–Crippen MR) is 86.7 cm³/mol. The highest BCUT2D eigenvalue weighted by Crippen LogP contribution is 2.23. The van der Waals surface area contributed by atoms with Crippen molar-refractivity contribution in [1.82, 2.24) is 15.0 Å². The van der Waals surface area contributed by atoms with Gasteiger partial charge in [0.15, 0.2) is 0 Å². The molecule has 2 heterocycles. The third kappa shape index (κ3) is 3.68. The van der Waals surface area contributed by atoms with Gasteiger partial charge in [0.05, 0.1) is 12.2 Å². The van der Waals surface area contributed by atoms with E-state index < -0.39 is 0 Å².